The van der Waals surface area contributed by atoms with Crippen molar-refractivity contribution in [3.8, 4) is 22.9 Å². The van der Waals surface area contributed by atoms with Crippen LogP contribution in [0, 0.1) is 0 Å². The molecule has 0 amide bonds. The van der Waals surface area contributed by atoms with E-state index in [2.05, 4.69) is 11.7 Å². The molecule has 0 aliphatic rings. The minimum absolute atomic E-state index is 0.196. The lowest BCUT2D eigenvalue weighted by atomic mass is 10.1. The molecule has 1 aromatic heterocycles. The van der Waals surface area contributed by atoms with Gasteiger partial charge in [0.2, 0.25) is 0 Å². The van der Waals surface area contributed by atoms with Crippen molar-refractivity contribution in [3.63, 3.8) is 0 Å². The maximum Gasteiger partial charge on any atom is 0.279 e. The quantitative estimate of drug-likeness (QED) is 0.754. The molecule has 0 saturated carbocycles. The summed E-state index contributed by atoms with van der Waals surface area (Å²) in [5.41, 5.74) is 1.23. The normalized spacial score (nSPS) is 11.4. The summed E-state index contributed by atoms with van der Waals surface area (Å²) in [7, 11) is 4.67. The van der Waals surface area contributed by atoms with Gasteiger partial charge in [-0.2, -0.15) is 0 Å². The second-order valence-corrected chi connectivity index (χ2v) is 5.57. The van der Waals surface area contributed by atoms with E-state index >= 15 is 0 Å². The molecule has 6 nitrogen and oxygen atoms in total. The first-order valence-electron chi connectivity index (χ1n) is 7.96. The van der Waals surface area contributed by atoms with Crippen LogP contribution in [0.4, 0.5) is 0 Å². The molecule has 3 rings (SSSR count). The van der Waals surface area contributed by atoms with Crippen molar-refractivity contribution in [1.29, 1.82) is 0 Å². The van der Waals surface area contributed by atoms with Gasteiger partial charge in [0.1, 0.15) is 5.75 Å². The summed E-state index contributed by atoms with van der Waals surface area (Å²) in [6.45, 7) is 3.95. The van der Waals surface area contributed by atoms with Crippen LogP contribution >= 0.6 is 0 Å². The third kappa shape index (κ3) is 3.09. The highest BCUT2D eigenvalue weighted by atomic mass is 16.5. The Balaban J connectivity index is 2.22. The fourth-order valence-electron chi connectivity index (χ4n) is 2.72. The molecule has 26 heavy (non-hydrogen) atoms. The molecule has 134 valence electrons. The van der Waals surface area contributed by atoms with Crippen LogP contribution in [0.2, 0.25) is 0 Å². The number of ether oxygens (including phenoxy) is 3. The molecule has 0 aliphatic heterocycles. The Morgan fingerprint density at radius 1 is 0.962 bits per heavy atom. The number of methoxy groups -OCH3 is 3. The molecule has 1 N–H and O–H groups in total. The number of H-pyrrole nitrogens is 1. The molecule has 0 bridgehead atoms. The van der Waals surface area contributed by atoms with E-state index in [-0.39, 0.29) is 5.56 Å². The molecule has 0 fully saturated rings. The van der Waals surface area contributed by atoms with E-state index < -0.39 is 0 Å². The third-order valence-corrected chi connectivity index (χ3v) is 4.06. The zero-order chi connectivity index (χ0) is 18.7. The maximum atomic E-state index is 12.8. The molecule has 3 aromatic rings. The molecule has 6 heteroatoms. The monoisotopic (exact) mass is 352 g/mol. The molecule has 0 aliphatic carbocycles. The summed E-state index contributed by atoms with van der Waals surface area (Å²) in [6, 6.07) is 12.8. The van der Waals surface area contributed by atoms with Gasteiger partial charge >= 0.3 is 0 Å². The highest BCUT2D eigenvalue weighted by Gasteiger charge is 2.11. The Morgan fingerprint density at radius 3 is 2.19 bits per heavy atom. The Hall–Kier alpha value is -3.41. The first-order chi connectivity index (χ1) is 12.6. The van der Waals surface area contributed by atoms with Crippen molar-refractivity contribution in [1.82, 2.24) is 9.78 Å². The minimum Gasteiger partial charge on any atom is -0.496 e. The van der Waals surface area contributed by atoms with Crippen molar-refractivity contribution >= 4 is 12.7 Å². The number of hydrogen-bond acceptors (Lipinski definition) is 4. The lowest BCUT2D eigenvalue weighted by Crippen LogP contribution is -2.34. The maximum absolute atomic E-state index is 12.8. The van der Waals surface area contributed by atoms with E-state index in [4.69, 9.17) is 14.2 Å². The molecule has 0 radical (unpaired) electrons. The third-order valence-electron chi connectivity index (χ3n) is 4.06. The fraction of sp³-hybridized carbons (Fsp3) is 0.150. The Bertz CT molecular complexity index is 1080. The van der Waals surface area contributed by atoms with Crippen molar-refractivity contribution in [2.75, 3.05) is 21.3 Å². The number of aromatic amines is 1. The van der Waals surface area contributed by atoms with Gasteiger partial charge in [-0.3, -0.25) is 9.89 Å². The fourth-order valence-corrected chi connectivity index (χ4v) is 2.72. The Kier molecular flexibility index (Phi) is 4.84. The number of benzene rings is 2. The van der Waals surface area contributed by atoms with Crippen LogP contribution in [0.3, 0.4) is 0 Å². The van der Waals surface area contributed by atoms with Crippen molar-refractivity contribution in [2.45, 2.75) is 0 Å². The molecule has 0 unspecified atom stereocenters. The zero-order valence-electron chi connectivity index (χ0n) is 14.9. The van der Waals surface area contributed by atoms with Gasteiger partial charge < -0.3 is 14.2 Å². The molecule has 0 atom stereocenters. The van der Waals surface area contributed by atoms with Gasteiger partial charge in [-0.1, -0.05) is 24.8 Å². The van der Waals surface area contributed by atoms with E-state index in [0.717, 1.165) is 5.69 Å². The number of nitrogens with one attached hydrogen (secondary N) is 1. The van der Waals surface area contributed by atoms with Crippen LogP contribution in [-0.4, -0.2) is 31.1 Å². The van der Waals surface area contributed by atoms with Crippen LogP contribution in [0.5, 0.6) is 17.2 Å². The van der Waals surface area contributed by atoms with E-state index in [1.54, 1.807) is 39.5 Å². The molecule has 1 heterocycles. The van der Waals surface area contributed by atoms with Gasteiger partial charge in [-0.25, -0.2) is 4.68 Å². The molecular weight excluding hydrogens is 332 g/mol. The topological polar surface area (TPSA) is 65.5 Å². The molecular formula is C20H20N2O4. The van der Waals surface area contributed by atoms with Gasteiger partial charge in [-0.05, 0) is 24.3 Å². The first kappa shape index (κ1) is 17.4. The number of para-hydroxylation sites is 1. The lowest BCUT2D eigenvalue weighted by Gasteiger charge is -2.11. The minimum atomic E-state index is -0.196. The van der Waals surface area contributed by atoms with E-state index in [1.807, 2.05) is 30.3 Å². The van der Waals surface area contributed by atoms with Crippen molar-refractivity contribution < 1.29 is 14.2 Å². The largest absolute Gasteiger partial charge is 0.496 e. The number of aromatic nitrogens is 2. The van der Waals surface area contributed by atoms with Crippen LogP contribution in [0.1, 0.15) is 5.56 Å². The molecule has 0 spiro atoms. The van der Waals surface area contributed by atoms with E-state index in [0.29, 0.717) is 33.4 Å². The SMILES string of the molecule is C=c1[nH]n(-c2ccccc2)c(=O)/c1=C/c1cc(OC)c(OC)cc1OC. The summed E-state index contributed by atoms with van der Waals surface area (Å²) in [5, 5.41) is 3.96. The Labute approximate surface area is 150 Å². The molecule has 2 aromatic carbocycles. The van der Waals surface area contributed by atoms with E-state index in [9.17, 15) is 4.79 Å². The van der Waals surface area contributed by atoms with E-state index in [1.165, 1.54) is 4.68 Å². The summed E-state index contributed by atoms with van der Waals surface area (Å²) in [5.74, 6) is 1.66. The average Bonchev–Trinajstić information content (AvgIpc) is 2.96. The summed E-state index contributed by atoms with van der Waals surface area (Å²) < 4.78 is 17.5. The molecule has 0 saturated heterocycles. The van der Waals surface area contributed by atoms with Gasteiger partial charge in [0.15, 0.2) is 11.5 Å². The summed E-state index contributed by atoms with van der Waals surface area (Å²) >= 11 is 0. The summed E-state index contributed by atoms with van der Waals surface area (Å²) in [6.07, 6.45) is 1.72. The van der Waals surface area contributed by atoms with Crippen LogP contribution in [0.25, 0.3) is 18.3 Å². The number of rotatable bonds is 5. The van der Waals surface area contributed by atoms with Crippen LogP contribution in [-0.2, 0) is 0 Å². The Morgan fingerprint density at radius 2 is 1.58 bits per heavy atom. The predicted octanol–water partition coefficient (Wildman–Crippen LogP) is 1.43. The number of hydrogen-bond donors (Lipinski definition) is 1. The van der Waals surface area contributed by atoms with Gasteiger partial charge in [0.05, 0.1) is 37.6 Å². The first-order valence-corrected chi connectivity index (χ1v) is 7.96. The van der Waals surface area contributed by atoms with Crippen molar-refractivity contribution in [2.24, 2.45) is 0 Å². The highest BCUT2D eigenvalue weighted by Crippen LogP contribution is 2.34. The second kappa shape index (κ2) is 7.23. The van der Waals surface area contributed by atoms with Gasteiger partial charge in [-0.15, -0.1) is 0 Å². The van der Waals surface area contributed by atoms with Crippen LogP contribution in [0.15, 0.2) is 47.3 Å². The van der Waals surface area contributed by atoms with Crippen molar-refractivity contribution in [3.05, 3.63) is 68.9 Å². The average molecular weight is 352 g/mol. The predicted molar refractivity (Wildman–Crippen MR) is 101 cm³/mol. The standard InChI is InChI=1S/C20H20N2O4/c1-13-16(20(23)22(21-13)15-8-6-5-7-9-15)10-14-11-18(25-3)19(26-4)12-17(14)24-2/h5-12,21H,1H2,2-4H3/b16-10+. The zero-order valence-corrected chi connectivity index (χ0v) is 14.9. The number of nitrogens with zero attached hydrogens (tertiary/aromatic N) is 1. The second-order valence-electron chi connectivity index (χ2n) is 5.57. The highest BCUT2D eigenvalue weighted by molar-refractivity contribution is 5.63. The van der Waals surface area contributed by atoms with Gasteiger partial charge in [0.25, 0.3) is 5.56 Å². The summed E-state index contributed by atoms with van der Waals surface area (Å²) in [4.78, 5) is 12.8. The van der Waals surface area contributed by atoms with Gasteiger partial charge in [0, 0.05) is 11.6 Å². The van der Waals surface area contributed by atoms with Crippen LogP contribution < -0.4 is 30.3 Å². The lowest BCUT2D eigenvalue weighted by molar-refractivity contribution is 0.348. The smallest absolute Gasteiger partial charge is 0.279 e.